The second-order valence-electron chi connectivity index (χ2n) is 9.42. The van der Waals surface area contributed by atoms with Crippen molar-refractivity contribution < 1.29 is 4.74 Å². The highest BCUT2D eigenvalue weighted by Crippen LogP contribution is 2.46. The maximum Gasteiger partial charge on any atom is 0.123 e. The molecular formula is C26H29ClO. The van der Waals surface area contributed by atoms with Gasteiger partial charge in [-0.1, -0.05) is 75.7 Å². The molecule has 1 nitrogen and oxygen atoms in total. The van der Waals surface area contributed by atoms with Crippen molar-refractivity contribution in [3.05, 3.63) is 82.4 Å². The van der Waals surface area contributed by atoms with Crippen LogP contribution in [0, 0.1) is 0 Å². The van der Waals surface area contributed by atoms with Crippen molar-refractivity contribution in [1.82, 2.24) is 0 Å². The van der Waals surface area contributed by atoms with Crippen LogP contribution in [0.2, 0.25) is 0 Å². The molecule has 1 atom stereocenters. The summed E-state index contributed by atoms with van der Waals surface area (Å²) in [5, 5.41) is 0.750. The van der Waals surface area contributed by atoms with Crippen LogP contribution in [0.25, 0.3) is 5.57 Å². The van der Waals surface area contributed by atoms with E-state index in [0.717, 1.165) is 17.2 Å². The van der Waals surface area contributed by atoms with E-state index in [-0.39, 0.29) is 16.9 Å². The first-order valence-corrected chi connectivity index (χ1v) is 10.6. The van der Waals surface area contributed by atoms with Crippen LogP contribution in [0.5, 0.6) is 5.75 Å². The lowest BCUT2D eigenvalue weighted by Gasteiger charge is -2.42. The molecule has 0 spiro atoms. The fraction of sp³-hybridized carbons (Fsp3) is 0.385. The number of allylic oxidation sites excluding steroid dienone is 2. The maximum atomic E-state index is 6.47. The van der Waals surface area contributed by atoms with Gasteiger partial charge in [-0.3, -0.25) is 0 Å². The Kier molecular flexibility index (Phi) is 4.91. The van der Waals surface area contributed by atoms with Crippen LogP contribution in [0.4, 0.5) is 0 Å². The smallest absolute Gasteiger partial charge is 0.123 e. The second-order valence-corrected chi connectivity index (χ2v) is 9.86. The quantitative estimate of drug-likeness (QED) is 0.528. The van der Waals surface area contributed by atoms with Gasteiger partial charge in [-0.05, 0) is 70.2 Å². The lowest BCUT2D eigenvalue weighted by molar-refractivity contribution is 0.254. The van der Waals surface area contributed by atoms with E-state index in [0.29, 0.717) is 0 Å². The molecule has 0 bridgehead atoms. The summed E-state index contributed by atoms with van der Waals surface area (Å²) in [5.41, 5.74) is 5.92. The molecular weight excluding hydrogens is 364 g/mol. The molecule has 146 valence electrons. The van der Waals surface area contributed by atoms with Crippen LogP contribution in [0.3, 0.4) is 0 Å². The van der Waals surface area contributed by atoms with Gasteiger partial charge in [0.2, 0.25) is 0 Å². The Morgan fingerprint density at radius 2 is 1.57 bits per heavy atom. The fourth-order valence-electron chi connectivity index (χ4n) is 4.47. The topological polar surface area (TPSA) is 9.23 Å². The van der Waals surface area contributed by atoms with Gasteiger partial charge >= 0.3 is 0 Å². The Morgan fingerprint density at radius 3 is 2.29 bits per heavy atom. The predicted molar refractivity (Wildman–Crippen MR) is 119 cm³/mol. The van der Waals surface area contributed by atoms with Crippen LogP contribution >= 0.6 is 11.6 Å². The van der Waals surface area contributed by atoms with Gasteiger partial charge in [-0.25, -0.2) is 0 Å². The molecule has 1 unspecified atom stereocenters. The van der Waals surface area contributed by atoms with Gasteiger partial charge in [0, 0.05) is 11.5 Å². The Morgan fingerprint density at radius 1 is 0.893 bits per heavy atom. The molecule has 0 heterocycles. The van der Waals surface area contributed by atoms with Crippen molar-refractivity contribution in [2.24, 2.45) is 0 Å². The van der Waals surface area contributed by atoms with E-state index >= 15 is 0 Å². The van der Waals surface area contributed by atoms with Gasteiger partial charge in [0.1, 0.15) is 11.9 Å². The summed E-state index contributed by atoms with van der Waals surface area (Å²) in [6.45, 7) is 9.47. The summed E-state index contributed by atoms with van der Waals surface area (Å²) in [5.74, 6) is 0.878. The van der Waals surface area contributed by atoms with Crippen molar-refractivity contribution in [3.63, 3.8) is 0 Å². The van der Waals surface area contributed by atoms with Crippen LogP contribution in [0.15, 0.2) is 65.7 Å². The minimum Gasteiger partial charge on any atom is -0.486 e. The van der Waals surface area contributed by atoms with E-state index in [1.807, 2.05) is 36.4 Å². The molecule has 4 rings (SSSR count). The molecule has 0 amide bonds. The number of benzene rings is 2. The number of ether oxygens (including phenoxy) is 1. The van der Waals surface area contributed by atoms with Crippen LogP contribution in [-0.2, 0) is 10.8 Å². The number of para-hydroxylation sites is 1. The van der Waals surface area contributed by atoms with Gasteiger partial charge in [0.05, 0.1) is 0 Å². The lowest BCUT2D eigenvalue weighted by Crippen LogP contribution is -2.33. The van der Waals surface area contributed by atoms with Gasteiger partial charge in [-0.15, -0.1) is 0 Å². The monoisotopic (exact) mass is 392 g/mol. The third kappa shape index (κ3) is 3.78. The zero-order valence-corrected chi connectivity index (χ0v) is 18.0. The zero-order valence-electron chi connectivity index (χ0n) is 17.3. The Hall–Kier alpha value is -1.99. The summed E-state index contributed by atoms with van der Waals surface area (Å²) < 4.78 is 6.16. The third-order valence-electron chi connectivity index (χ3n) is 6.33. The van der Waals surface area contributed by atoms with Crippen molar-refractivity contribution >= 4 is 17.2 Å². The molecule has 28 heavy (non-hydrogen) atoms. The molecule has 0 aromatic heterocycles. The summed E-state index contributed by atoms with van der Waals surface area (Å²) in [6.07, 6.45) is 7.33. The van der Waals surface area contributed by atoms with E-state index in [9.17, 15) is 0 Å². The Balaban J connectivity index is 1.65. The molecule has 0 fully saturated rings. The summed E-state index contributed by atoms with van der Waals surface area (Å²) in [7, 11) is 0. The first-order chi connectivity index (χ1) is 13.2. The zero-order chi connectivity index (χ0) is 19.9. The minimum absolute atomic E-state index is 0.0459. The predicted octanol–water partition coefficient (Wildman–Crippen LogP) is 7.39. The van der Waals surface area contributed by atoms with Gasteiger partial charge < -0.3 is 4.74 Å². The largest absolute Gasteiger partial charge is 0.486 e. The van der Waals surface area contributed by atoms with Gasteiger partial charge in [-0.2, -0.15) is 0 Å². The molecule has 0 N–H and O–H groups in total. The third-order valence-corrected chi connectivity index (χ3v) is 6.57. The summed E-state index contributed by atoms with van der Waals surface area (Å²) in [4.78, 5) is 0. The number of hydrogen-bond donors (Lipinski definition) is 0. The van der Waals surface area contributed by atoms with Crippen LogP contribution < -0.4 is 4.74 Å². The molecule has 0 saturated heterocycles. The van der Waals surface area contributed by atoms with Crippen molar-refractivity contribution in [2.75, 3.05) is 0 Å². The Labute approximate surface area is 174 Å². The molecule has 2 heteroatoms. The van der Waals surface area contributed by atoms with E-state index in [4.69, 9.17) is 16.3 Å². The number of rotatable bonds is 3. The lowest BCUT2D eigenvalue weighted by atomic mass is 9.63. The Bertz CT molecular complexity index is 934. The number of hydrogen-bond acceptors (Lipinski definition) is 1. The maximum absolute atomic E-state index is 6.47. The normalized spacial score (nSPS) is 22.7. The molecule has 2 aliphatic carbocycles. The molecule has 0 saturated carbocycles. The van der Waals surface area contributed by atoms with Crippen molar-refractivity contribution in [2.45, 2.75) is 63.9 Å². The van der Waals surface area contributed by atoms with Crippen molar-refractivity contribution in [1.29, 1.82) is 0 Å². The molecule has 2 aromatic rings. The first-order valence-electron chi connectivity index (χ1n) is 10.2. The average molecular weight is 393 g/mol. The number of halogens is 1. The average Bonchev–Trinajstić information content (AvgIpc) is 2.66. The van der Waals surface area contributed by atoms with Crippen LogP contribution in [-0.4, -0.2) is 6.10 Å². The standard InChI is InChI=1S/C26H29ClO/c1-25(2)12-13-26(3,4)24-16-18(10-11-23(24)25)19-14-20(27)17-22(15-19)28-21-8-6-5-7-9-21/h5-11,14,16-17,22H,12-13,15H2,1-4H3. The van der Waals surface area contributed by atoms with Gasteiger partial charge in [0.15, 0.2) is 0 Å². The molecule has 2 aromatic carbocycles. The van der Waals surface area contributed by atoms with E-state index in [1.165, 1.54) is 35.1 Å². The summed E-state index contributed by atoms with van der Waals surface area (Å²) in [6, 6.07) is 17.0. The fourth-order valence-corrected chi connectivity index (χ4v) is 4.74. The highest BCUT2D eigenvalue weighted by molar-refractivity contribution is 6.31. The molecule has 2 aliphatic rings. The highest BCUT2D eigenvalue weighted by Gasteiger charge is 2.37. The molecule has 0 aliphatic heterocycles. The first kappa shape index (κ1) is 19.3. The molecule has 0 radical (unpaired) electrons. The van der Waals surface area contributed by atoms with E-state index in [1.54, 1.807) is 0 Å². The second kappa shape index (κ2) is 7.12. The SMILES string of the molecule is CC1(C)CCC(C)(C)c2cc(C3=CC(Cl)=CC(Oc4ccccc4)C3)ccc21. The van der Waals surface area contributed by atoms with Crippen LogP contribution in [0.1, 0.15) is 63.6 Å². The van der Waals surface area contributed by atoms with Gasteiger partial charge in [0.25, 0.3) is 0 Å². The van der Waals surface area contributed by atoms with E-state index in [2.05, 4.69) is 52.0 Å². The van der Waals surface area contributed by atoms with E-state index < -0.39 is 0 Å². The highest BCUT2D eigenvalue weighted by atomic mass is 35.5. The van der Waals surface area contributed by atoms with Crippen molar-refractivity contribution in [3.8, 4) is 5.75 Å². The minimum atomic E-state index is -0.0459. The number of fused-ring (bicyclic) bond motifs is 1. The summed E-state index contributed by atoms with van der Waals surface area (Å²) >= 11 is 6.47.